The van der Waals surface area contributed by atoms with E-state index in [1.54, 1.807) is 81.6 Å². The van der Waals surface area contributed by atoms with Crippen LogP contribution in [-0.2, 0) is 14.3 Å². The highest BCUT2D eigenvalue weighted by Gasteiger charge is 2.29. The molecule has 1 heterocycles. The van der Waals surface area contributed by atoms with E-state index >= 15 is 0 Å². The summed E-state index contributed by atoms with van der Waals surface area (Å²) >= 11 is 0. The first-order chi connectivity index (χ1) is 23.1. The summed E-state index contributed by atoms with van der Waals surface area (Å²) in [5, 5.41) is 6.19. The van der Waals surface area contributed by atoms with Crippen LogP contribution in [0.4, 0.5) is 10.5 Å². The molecular weight excluding hydrogens is 614 g/mol. The number of fused-ring (bicyclic) bond motifs is 1. The van der Waals surface area contributed by atoms with E-state index in [1.807, 2.05) is 18.2 Å². The largest absolute Gasteiger partial charge is 0.493 e. The average molecular weight is 656 g/mol. The molecule has 0 radical (unpaired) electrons. The highest BCUT2D eigenvalue weighted by Crippen LogP contribution is 2.37. The lowest BCUT2D eigenvalue weighted by Crippen LogP contribution is -2.45. The second-order valence-electron chi connectivity index (χ2n) is 12.5. The summed E-state index contributed by atoms with van der Waals surface area (Å²) in [4.78, 5) is 42.6. The van der Waals surface area contributed by atoms with Crippen LogP contribution in [0.15, 0.2) is 79.0 Å². The number of carbonyl (C=O) groups is 3. The van der Waals surface area contributed by atoms with E-state index < -0.39 is 23.7 Å². The number of hydrogen-bond donors (Lipinski definition) is 2. The number of pyridine rings is 1. The monoisotopic (exact) mass is 655 g/mol. The summed E-state index contributed by atoms with van der Waals surface area (Å²) in [6.07, 6.45) is 4.53. The molecular formula is C37H41N3O8. The van der Waals surface area contributed by atoms with E-state index in [1.165, 1.54) is 7.11 Å². The normalized spacial score (nSPS) is 13.8. The summed E-state index contributed by atoms with van der Waals surface area (Å²) < 4.78 is 29.0. The average Bonchev–Trinajstić information content (AvgIpc) is 3.57. The molecule has 11 nitrogen and oxygen atoms in total. The third-order valence-corrected chi connectivity index (χ3v) is 7.59. The highest BCUT2D eigenvalue weighted by atomic mass is 16.6. The minimum atomic E-state index is -0.965. The second-order valence-corrected chi connectivity index (χ2v) is 12.5. The van der Waals surface area contributed by atoms with Crippen molar-refractivity contribution >= 4 is 34.6 Å². The minimum absolute atomic E-state index is 0.0642. The van der Waals surface area contributed by atoms with Gasteiger partial charge in [-0.05, 0) is 95.0 Å². The molecule has 0 saturated heterocycles. The summed E-state index contributed by atoms with van der Waals surface area (Å²) in [5.41, 5.74) is 1.08. The van der Waals surface area contributed by atoms with Crippen molar-refractivity contribution in [2.75, 3.05) is 19.0 Å². The number of amides is 2. The molecule has 252 valence electrons. The van der Waals surface area contributed by atoms with E-state index in [0.717, 1.165) is 25.7 Å². The number of methoxy groups -OCH3 is 1. The number of hydrogen-bond acceptors (Lipinski definition) is 9. The Kier molecular flexibility index (Phi) is 11.0. The Hall–Kier alpha value is -5.32. The molecule has 0 spiro atoms. The zero-order chi connectivity index (χ0) is 34.1. The molecule has 11 heteroatoms. The van der Waals surface area contributed by atoms with Gasteiger partial charge in [0, 0.05) is 35.3 Å². The molecule has 1 atom stereocenters. The maximum Gasteiger partial charge on any atom is 0.408 e. The number of aromatic nitrogens is 1. The summed E-state index contributed by atoms with van der Waals surface area (Å²) in [6, 6.07) is 20.3. The van der Waals surface area contributed by atoms with Crippen LogP contribution in [0.5, 0.6) is 23.0 Å². The van der Waals surface area contributed by atoms with E-state index in [4.69, 9.17) is 23.7 Å². The van der Waals surface area contributed by atoms with Gasteiger partial charge in [0.15, 0.2) is 11.5 Å². The van der Waals surface area contributed by atoms with Crippen molar-refractivity contribution in [3.8, 4) is 23.0 Å². The predicted molar refractivity (Wildman–Crippen MR) is 181 cm³/mol. The molecule has 5 rings (SSSR count). The maximum atomic E-state index is 13.1. The van der Waals surface area contributed by atoms with Gasteiger partial charge in [-0.15, -0.1) is 0 Å². The molecule has 1 fully saturated rings. The van der Waals surface area contributed by atoms with E-state index in [-0.39, 0.29) is 25.0 Å². The van der Waals surface area contributed by atoms with Gasteiger partial charge in [-0.2, -0.15) is 0 Å². The van der Waals surface area contributed by atoms with Gasteiger partial charge >= 0.3 is 12.1 Å². The zero-order valence-corrected chi connectivity index (χ0v) is 27.6. The lowest BCUT2D eigenvalue weighted by molar-refractivity contribution is -0.151. The first-order valence-electron chi connectivity index (χ1n) is 16.0. The molecule has 1 aliphatic carbocycles. The molecule has 2 N–H and O–H groups in total. The van der Waals surface area contributed by atoms with Gasteiger partial charge in [0.1, 0.15) is 29.2 Å². The number of nitrogens with one attached hydrogen (secondary N) is 2. The fraction of sp³-hybridized carbons (Fsp3) is 0.351. The number of carbonyl (C=O) groups excluding carboxylic acids is 3. The van der Waals surface area contributed by atoms with E-state index in [0.29, 0.717) is 45.2 Å². The Balaban J connectivity index is 1.28. The van der Waals surface area contributed by atoms with Crippen LogP contribution in [0.2, 0.25) is 0 Å². The second kappa shape index (κ2) is 15.5. The van der Waals surface area contributed by atoms with Crippen molar-refractivity contribution in [3.05, 3.63) is 84.6 Å². The summed E-state index contributed by atoms with van der Waals surface area (Å²) in [6.45, 7) is 5.32. The van der Waals surface area contributed by atoms with Crippen molar-refractivity contribution in [3.63, 3.8) is 0 Å². The van der Waals surface area contributed by atoms with Crippen LogP contribution in [0.3, 0.4) is 0 Å². The number of benzene rings is 3. The topological polar surface area (TPSA) is 134 Å². The Labute approximate surface area is 279 Å². The number of anilines is 1. The number of rotatable bonds is 12. The van der Waals surface area contributed by atoms with Crippen LogP contribution >= 0.6 is 0 Å². The van der Waals surface area contributed by atoms with E-state index in [2.05, 4.69) is 15.6 Å². The third kappa shape index (κ3) is 9.37. The van der Waals surface area contributed by atoms with Crippen LogP contribution in [0.25, 0.3) is 10.9 Å². The zero-order valence-electron chi connectivity index (χ0n) is 27.6. The smallest absolute Gasteiger partial charge is 0.408 e. The fourth-order valence-electron chi connectivity index (χ4n) is 5.25. The van der Waals surface area contributed by atoms with E-state index in [9.17, 15) is 14.4 Å². The number of ether oxygens (including phenoxy) is 5. The first-order valence-corrected chi connectivity index (χ1v) is 16.0. The molecule has 3 aromatic carbocycles. The number of esters is 1. The van der Waals surface area contributed by atoms with Crippen molar-refractivity contribution in [2.24, 2.45) is 0 Å². The number of alkyl carbamates (subject to hydrolysis) is 1. The molecule has 1 aliphatic rings. The van der Waals surface area contributed by atoms with Gasteiger partial charge < -0.3 is 34.3 Å². The molecule has 0 aliphatic heterocycles. The molecule has 48 heavy (non-hydrogen) atoms. The molecule has 1 aromatic heterocycles. The van der Waals surface area contributed by atoms with Crippen molar-refractivity contribution < 1.29 is 38.1 Å². The highest BCUT2D eigenvalue weighted by molar-refractivity contribution is 6.04. The predicted octanol–water partition coefficient (Wildman–Crippen LogP) is 7.44. The van der Waals surface area contributed by atoms with Gasteiger partial charge in [0.2, 0.25) is 0 Å². The molecule has 0 bridgehead atoms. The van der Waals surface area contributed by atoms with Crippen molar-refractivity contribution in [2.45, 2.75) is 70.6 Å². The third-order valence-electron chi connectivity index (χ3n) is 7.59. The van der Waals surface area contributed by atoms with Crippen molar-refractivity contribution in [1.82, 2.24) is 10.3 Å². The van der Waals surface area contributed by atoms with Gasteiger partial charge in [0.25, 0.3) is 5.91 Å². The van der Waals surface area contributed by atoms with Gasteiger partial charge in [0.05, 0.1) is 19.2 Å². The quantitative estimate of drug-likeness (QED) is 0.149. The van der Waals surface area contributed by atoms with Crippen LogP contribution < -0.4 is 24.8 Å². The minimum Gasteiger partial charge on any atom is -0.493 e. The lowest BCUT2D eigenvalue weighted by Gasteiger charge is -2.24. The van der Waals surface area contributed by atoms with Crippen LogP contribution in [0, 0.1) is 0 Å². The Morgan fingerprint density at radius 2 is 1.65 bits per heavy atom. The fourth-order valence-corrected chi connectivity index (χ4v) is 5.25. The maximum absolute atomic E-state index is 13.1. The molecule has 1 unspecified atom stereocenters. The Bertz CT molecular complexity index is 1710. The lowest BCUT2D eigenvalue weighted by atomic mass is 10.1. The summed E-state index contributed by atoms with van der Waals surface area (Å²) in [5.74, 6) is 1.20. The number of nitrogens with zero attached hydrogens (tertiary/aromatic N) is 1. The van der Waals surface area contributed by atoms with Gasteiger partial charge in [-0.1, -0.05) is 18.2 Å². The summed E-state index contributed by atoms with van der Waals surface area (Å²) in [7, 11) is 1.53. The van der Waals surface area contributed by atoms with Gasteiger partial charge in [-0.3, -0.25) is 9.78 Å². The standard InChI is InChI=1S/C37H41N3O8/c1-37(2,3)48-36(43)40-29(35(42)47-26-12-8-9-13-26)19-21-45-33-22-28-30(23-32(33)44-4)38-20-18-31(28)46-27-16-14-25(15-17-27)39-34(41)24-10-6-5-7-11-24/h5-7,10-11,14-18,20,22-23,26,29H,8-9,12-13,19,21H2,1-4H3,(H,39,41)(H,40,43). The van der Waals surface area contributed by atoms with Crippen molar-refractivity contribution in [1.29, 1.82) is 0 Å². The molecule has 1 saturated carbocycles. The van der Waals surface area contributed by atoms with Crippen LogP contribution in [0.1, 0.15) is 63.2 Å². The first kappa shape index (κ1) is 34.0. The Morgan fingerprint density at radius 1 is 0.917 bits per heavy atom. The van der Waals surface area contributed by atoms with Gasteiger partial charge in [-0.25, -0.2) is 9.59 Å². The van der Waals surface area contributed by atoms with Crippen LogP contribution in [-0.4, -0.2) is 54.4 Å². The molecule has 4 aromatic rings. The Morgan fingerprint density at radius 3 is 2.33 bits per heavy atom. The SMILES string of the molecule is COc1cc2nccc(Oc3ccc(NC(=O)c4ccccc4)cc3)c2cc1OCCC(NC(=O)OC(C)(C)C)C(=O)OC1CCCC1. The molecule has 2 amide bonds.